The highest BCUT2D eigenvalue weighted by atomic mass is 35.5. The molecular formula is C17H25ClN2O. The van der Waals surface area contributed by atoms with Crippen LogP contribution in [0.25, 0.3) is 0 Å². The van der Waals surface area contributed by atoms with Gasteiger partial charge in [0.25, 0.3) is 0 Å². The molecule has 116 valence electrons. The van der Waals surface area contributed by atoms with Crippen molar-refractivity contribution in [3.63, 3.8) is 0 Å². The van der Waals surface area contributed by atoms with Crippen molar-refractivity contribution in [1.29, 1.82) is 0 Å². The van der Waals surface area contributed by atoms with Crippen LogP contribution < -0.4 is 10.6 Å². The SMILES string of the molecule is CC1CCCCC1NC(=O)C1Cc2ccccc2CN1.Cl. The molecule has 0 saturated heterocycles. The Labute approximate surface area is 133 Å². The number of carbonyl (C=O) groups is 1. The first kappa shape index (κ1) is 16.3. The van der Waals surface area contributed by atoms with Crippen LogP contribution in [0.1, 0.15) is 43.7 Å². The molecule has 3 nitrogen and oxygen atoms in total. The third-order valence-corrected chi connectivity index (χ3v) is 4.84. The molecule has 0 aromatic heterocycles. The molecule has 1 saturated carbocycles. The average molecular weight is 309 g/mol. The van der Waals surface area contributed by atoms with E-state index in [2.05, 4.69) is 41.8 Å². The summed E-state index contributed by atoms with van der Waals surface area (Å²) in [4.78, 5) is 12.4. The first-order valence-corrected chi connectivity index (χ1v) is 7.84. The minimum absolute atomic E-state index is 0. The zero-order valence-electron chi connectivity index (χ0n) is 12.6. The van der Waals surface area contributed by atoms with Gasteiger partial charge in [-0.25, -0.2) is 0 Å². The Balaban J connectivity index is 0.00000161. The van der Waals surface area contributed by atoms with Gasteiger partial charge in [-0.2, -0.15) is 0 Å². The summed E-state index contributed by atoms with van der Waals surface area (Å²) in [5, 5.41) is 6.64. The topological polar surface area (TPSA) is 41.1 Å². The second-order valence-electron chi connectivity index (χ2n) is 6.28. The average Bonchev–Trinajstić information content (AvgIpc) is 2.49. The number of halogens is 1. The second kappa shape index (κ2) is 7.28. The lowest BCUT2D eigenvalue weighted by Crippen LogP contribution is -2.52. The minimum atomic E-state index is -0.0703. The predicted molar refractivity (Wildman–Crippen MR) is 87.6 cm³/mol. The number of benzene rings is 1. The predicted octanol–water partition coefficient (Wildman–Crippen LogP) is 2.82. The van der Waals surface area contributed by atoms with Gasteiger partial charge in [-0.1, -0.05) is 44.0 Å². The molecule has 0 radical (unpaired) electrons. The number of amides is 1. The summed E-state index contributed by atoms with van der Waals surface area (Å²) in [6.07, 6.45) is 5.74. The quantitative estimate of drug-likeness (QED) is 0.882. The lowest BCUT2D eigenvalue weighted by atomic mass is 9.85. The summed E-state index contributed by atoms with van der Waals surface area (Å²) in [6, 6.07) is 8.70. The molecule has 1 heterocycles. The summed E-state index contributed by atoms with van der Waals surface area (Å²) in [6.45, 7) is 3.06. The van der Waals surface area contributed by atoms with Crippen LogP contribution in [0.5, 0.6) is 0 Å². The van der Waals surface area contributed by atoms with E-state index in [-0.39, 0.29) is 24.4 Å². The first-order chi connectivity index (χ1) is 9.74. The Bertz CT molecular complexity index is 491. The molecular weight excluding hydrogens is 284 g/mol. The molecule has 1 aromatic carbocycles. The lowest BCUT2D eigenvalue weighted by molar-refractivity contribution is -0.124. The normalized spacial score (nSPS) is 28.1. The Morgan fingerprint density at radius 1 is 1.19 bits per heavy atom. The largest absolute Gasteiger partial charge is 0.352 e. The summed E-state index contributed by atoms with van der Waals surface area (Å²) >= 11 is 0. The van der Waals surface area contributed by atoms with Crippen molar-refractivity contribution in [2.24, 2.45) is 5.92 Å². The fraction of sp³-hybridized carbons (Fsp3) is 0.588. The van der Waals surface area contributed by atoms with Gasteiger partial charge in [0.05, 0.1) is 6.04 Å². The van der Waals surface area contributed by atoms with Gasteiger partial charge in [-0.05, 0) is 36.3 Å². The number of hydrogen-bond donors (Lipinski definition) is 2. The van der Waals surface area contributed by atoms with E-state index in [4.69, 9.17) is 0 Å². The molecule has 0 spiro atoms. The van der Waals surface area contributed by atoms with Gasteiger partial charge in [-0.15, -0.1) is 12.4 Å². The van der Waals surface area contributed by atoms with Crippen molar-refractivity contribution in [2.75, 3.05) is 0 Å². The number of nitrogens with one attached hydrogen (secondary N) is 2. The monoisotopic (exact) mass is 308 g/mol. The highest BCUT2D eigenvalue weighted by Crippen LogP contribution is 2.24. The molecule has 3 unspecified atom stereocenters. The van der Waals surface area contributed by atoms with Crippen molar-refractivity contribution in [2.45, 2.75) is 57.7 Å². The molecule has 1 aromatic rings. The fourth-order valence-corrected chi connectivity index (χ4v) is 3.45. The highest BCUT2D eigenvalue weighted by Gasteiger charge is 2.28. The van der Waals surface area contributed by atoms with E-state index in [1.54, 1.807) is 0 Å². The smallest absolute Gasteiger partial charge is 0.237 e. The molecule has 1 aliphatic carbocycles. The van der Waals surface area contributed by atoms with Gasteiger partial charge in [0.2, 0.25) is 5.91 Å². The number of carbonyl (C=O) groups excluding carboxylic acids is 1. The zero-order chi connectivity index (χ0) is 13.9. The molecule has 3 atom stereocenters. The summed E-state index contributed by atoms with van der Waals surface area (Å²) in [5.74, 6) is 0.793. The Kier molecular flexibility index (Phi) is 5.65. The standard InChI is InChI=1S/C17H24N2O.ClH/c1-12-6-2-5-9-15(12)19-17(20)16-10-13-7-3-4-8-14(13)11-18-16;/h3-4,7-8,12,15-16,18H,2,5-6,9-11H2,1H3,(H,19,20);1H. The van der Waals surface area contributed by atoms with E-state index in [1.165, 1.54) is 30.4 Å². The Hall–Kier alpha value is -1.06. The number of rotatable bonds is 2. The van der Waals surface area contributed by atoms with Crippen LogP contribution in [0.3, 0.4) is 0 Å². The number of fused-ring (bicyclic) bond motifs is 1. The fourth-order valence-electron chi connectivity index (χ4n) is 3.45. The van der Waals surface area contributed by atoms with Crippen LogP contribution in [0.2, 0.25) is 0 Å². The van der Waals surface area contributed by atoms with Crippen molar-refractivity contribution >= 4 is 18.3 Å². The van der Waals surface area contributed by atoms with Crippen molar-refractivity contribution in [1.82, 2.24) is 10.6 Å². The molecule has 2 aliphatic rings. The van der Waals surface area contributed by atoms with E-state index in [0.717, 1.165) is 19.4 Å². The van der Waals surface area contributed by atoms with Crippen molar-refractivity contribution in [3.8, 4) is 0 Å². The van der Waals surface area contributed by atoms with Crippen LogP contribution in [-0.2, 0) is 17.8 Å². The third kappa shape index (κ3) is 3.78. The molecule has 4 heteroatoms. The van der Waals surface area contributed by atoms with E-state index in [0.29, 0.717) is 12.0 Å². The molecule has 2 N–H and O–H groups in total. The lowest BCUT2D eigenvalue weighted by Gasteiger charge is -2.32. The maximum atomic E-state index is 12.4. The van der Waals surface area contributed by atoms with Crippen molar-refractivity contribution in [3.05, 3.63) is 35.4 Å². The molecule has 3 rings (SSSR count). The Morgan fingerprint density at radius 3 is 2.67 bits per heavy atom. The molecule has 0 bridgehead atoms. The van der Waals surface area contributed by atoms with Crippen LogP contribution in [-0.4, -0.2) is 18.0 Å². The second-order valence-corrected chi connectivity index (χ2v) is 6.28. The van der Waals surface area contributed by atoms with Crippen LogP contribution >= 0.6 is 12.4 Å². The van der Waals surface area contributed by atoms with E-state index in [1.807, 2.05) is 0 Å². The summed E-state index contributed by atoms with van der Waals surface area (Å²) < 4.78 is 0. The molecule has 1 amide bonds. The maximum Gasteiger partial charge on any atom is 0.237 e. The summed E-state index contributed by atoms with van der Waals surface area (Å²) in [7, 11) is 0. The highest BCUT2D eigenvalue weighted by molar-refractivity contribution is 5.85. The maximum absolute atomic E-state index is 12.4. The van der Waals surface area contributed by atoms with Gasteiger partial charge in [-0.3, -0.25) is 4.79 Å². The van der Waals surface area contributed by atoms with Gasteiger partial charge >= 0.3 is 0 Å². The minimum Gasteiger partial charge on any atom is -0.352 e. The molecule has 1 fully saturated rings. The summed E-state index contributed by atoms with van der Waals surface area (Å²) in [5.41, 5.74) is 2.63. The Morgan fingerprint density at radius 2 is 1.90 bits per heavy atom. The van der Waals surface area contributed by atoms with E-state index in [9.17, 15) is 4.79 Å². The van der Waals surface area contributed by atoms with Gasteiger partial charge in [0.1, 0.15) is 0 Å². The van der Waals surface area contributed by atoms with Crippen LogP contribution in [0.4, 0.5) is 0 Å². The van der Waals surface area contributed by atoms with Gasteiger partial charge < -0.3 is 10.6 Å². The first-order valence-electron chi connectivity index (χ1n) is 7.84. The third-order valence-electron chi connectivity index (χ3n) is 4.84. The van der Waals surface area contributed by atoms with Crippen LogP contribution in [0, 0.1) is 5.92 Å². The van der Waals surface area contributed by atoms with Gasteiger partial charge in [0.15, 0.2) is 0 Å². The van der Waals surface area contributed by atoms with Crippen molar-refractivity contribution < 1.29 is 4.79 Å². The molecule has 1 aliphatic heterocycles. The number of hydrogen-bond acceptors (Lipinski definition) is 2. The molecule has 21 heavy (non-hydrogen) atoms. The van der Waals surface area contributed by atoms with Crippen LogP contribution in [0.15, 0.2) is 24.3 Å². The van der Waals surface area contributed by atoms with E-state index >= 15 is 0 Å². The van der Waals surface area contributed by atoms with Gasteiger partial charge in [0, 0.05) is 12.6 Å². The zero-order valence-corrected chi connectivity index (χ0v) is 13.4. The van der Waals surface area contributed by atoms with E-state index < -0.39 is 0 Å².